The Bertz CT molecular complexity index is 679. The Morgan fingerprint density at radius 1 is 1.39 bits per heavy atom. The number of H-pyrrole nitrogens is 1. The molecule has 122 valence electrons. The van der Waals surface area contributed by atoms with E-state index in [1.165, 1.54) is 0 Å². The summed E-state index contributed by atoms with van der Waals surface area (Å²) in [6.45, 7) is 2.64. The number of nitrogens with zero attached hydrogens (tertiary/aromatic N) is 4. The van der Waals surface area contributed by atoms with Gasteiger partial charge >= 0.3 is 0 Å². The molecule has 7 heteroatoms. The van der Waals surface area contributed by atoms with Gasteiger partial charge in [-0.3, -0.25) is 14.6 Å². The molecule has 2 aliphatic rings. The van der Waals surface area contributed by atoms with E-state index in [0.717, 1.165) is 43.5 Å². The summed E-state index contributed by atoms with van der Waals surface area (Å²) in [5.41, 5.74) is 2.86. The van der Waals surface area contributed by atoms with Crippen molar-refractivity contribution in [2.45, 2.75) is 38.3 Å². The van der Waals surface area contributed by atoms with E-state index in [2.05, 4.69) is 15.3 Å². The number of aromatic amines is 1. The molecule has 0 aromatic carbocycles. The second-order valence-electron chi connectivity index (χ2n) is 6.21. The van der Waals surface area contributed by atoms with Gasteiger partial charge in [-0.25, -0.2) is 0 Å². The molecule has 4 rings (SSSR count). The maximum Gasteiger partial charge on any atom is 0.274 e. The van der Waals surface area contributed by atoms with Gasteiger partial charge in [0.2, 0.25) is 0 Å². The van der Waals surface area contributed by atoms with Gasteiger partial charge in [0.25, 0.3) is 5.91 Å². The van der Waals surface area contributed by atoms with Crippen LogP contribution < -0.4 is 0 Å². The second kappa shape index (κ2) is 6.16. The lowest BCUT2D eigenvalue weighted by atomic mass is 10.1. The Morgan fingerprint density at radius 2 is 2.35 bits per heavy atom. The van der Waals surface area contributed by atoms with Gasteiger partial charge in [-0.1, -0.05) is 0 Å². The number of carbonyl (C=O) groups is 1. The van der Waals surface area contributed by atoms with Crippen LogP contribution in [0, 0.1) is 0 Å². The molecule has 0 unspecified atom stereocenters. The van der Waals surface area contributed by atoms with Crippen molar-refractivity contribution in [2.24, 2.45) is 0 Å². The molecule has 1 aliphatic heterocycles. The molecule has 0 radical (unpaired) electrons. The summed E-state index contributed by atoms with van der Waals surface area (Å²) in [7, 11) is 0. The Morgan fingerprint density at radius 3 is 3.22 bits per heavy atom. The van der Waals surface area contributed by atoms with Crippen molar-refractivity contribution in [3.63, 3.8) is 0 Å². The van der Waals surface area contributed by atoms with E-state index in [1.807, 2.05) is 21.8 Å². The first kappa shape index (κ1) is 14.4. The highest BCUT2D eigenvalue weighted by atomic mass is 16.5. The summed E-state index contributed by atoms with van der Waals surface area (Å²) in [4.78, 5) is 14.8. The fourth-order valence-electron chi connectivity index (χ4n) is 3.45. The molecule has 1 saturated heterocycles. The average molecular weight is 315 g/mol. The predicted octanol–water partition coefficient (Wildman–Crippen LogP) is 1.03. The van der Waals surface area contributed by atoms with Gasteiger partial charge in [-0.05, 0) is 31.7 Å². The molecule has 1 aliphatic carbocycles. The van der Waals surface area contributed by atoms with E-state index in [9.17, 15) is 4.79 Å². The number of nitrogens with one attached hydrogen (secondary N) is 1. The van der Waals surface area contributed by atoms with Gasteiger partial charge in [0.15, 0.2) is 5.69 Å². The molecule has 1 fully saturated rings. The highest BCUT2D eigenvalue weighted by Gasteiger charge is 2.29. The Labute approximate surface area is 134 Å². The largest absolute Gasteiger partial charge is 0.374 e. The van der Waals surface area contributed by atoms with Crippen molar-refractivity contribution in [2.75, 3.05) is 19.7 Å². The maximum atomic E-state index is 12.9. The van der Waals surface area contributed by atoms with E-state index in [4.69, 9.17) is 4.74 Å². The number of ether oxygens (including phenoxy) is 1. The zero-order chi connectivity index (χ0) is 15.6. The van der Waals surface area contributed by atoms with Crippen LogP contribution in [0.25, 0.3) is 0 Å². The van der Waals surface area contributed by atoms with Crippen molar-refractivity contribution in [1.29, 1.82) is 0 Å². The van der Waals surface area contributed by atoms with Gasteiger partial charge in [0.05, 0.1) is 12.6 Å². The summed E-state index contributed by atoms with van der Waals surface area (Å²) >= 11 is 0. The van der Waals surface area contributed by atoms with E-state index in [1.54, 1.807) is 6.20 Å². The van der Waals surface area contributed by atoms with Crippen LogP contribution in [0.5, 0.6) is 0 Å². The molecule has 1 N–H and O–H groups in total. The number of hydrogen-bond acceptors (Lipinski definition) is 4. The summed E-state index contributed by atoms with van der Waals surface area (Å²) in [5.74, 6) is 0.0281. The van der Waals surface area contributed by atoms with Crippen molar-refractivity contribution >= 4 is 5.91 Å². The molecule has 0 saturated carbocycles. The lowest BCUT2D eigenvalue weighted by molar-refractivity contribution is 0.0365. The second-order valence-corrected chi connectivity index (χ2v) is 6.21. The molecule has 2 aromatic rings. The highest BCUT2D eigenvalue weighted by Crippen LogP contribution is 2.24. The van der Waals surface area contributed by atoms with Crippen LogP contribution in [-0.2, 0) is 24.1 Å². The Hall–Kier alpha value is -2.15. The van der Waals surface area contributed by atoms with E-state index < -0.39 is 0 Å². The quantitative estimate of drug-likeness (QED) is 0.918. The molecule has 1 atom stereocenters. The maximum absolute atomic E-state index is 12.9. The zero-order valence-corrected chi connectivity index (χ0v) is 13.1. The van der Waals surface area contributed by atoms with Crippen molar-refractivity contribution in [1.82, 2.24) is 24.9 Å². The van der Waals surface area contributed by atoms with Gasteiger partial charge in [0.1, 0.15) is 0 Å². The molecular formula is C16H21N5O2. The number of fused-ring (bicyclic) bond motifs is 1. The smallest absolute Gasteiger partial charge is 0.274 e. The summed E-state index contributed by atoms with van der Waals surface area (Å²) in [6, 6.07) is 1.90. The van der Waals surface area contributed by atoms with Gasteiger partial charge in [-0.15, -0.1) is 0 Å². The van der Waals surface area contributed by atoms with Gasteiger partial charge in [0, 0.05) is 43.3 Å². The Kier molecular flexibility index (Phi) is 3.87. The fourth-order valence-corrected chi connectivity index (χ4v) is 3.45. The molecule has 1 amide bonds. The number of hydrogen-bond donors (Lipinski definition) is 1. The summed E-state index contributed by atoms with van der Waals surface area (Å²) in [6.07, 6.45) is 7.55. The molecule has 7 nitrogen and oxygen atoms in total. The predicted molar refractivity (Wildman–Crippen MR) is 83.1 cm³/mol. The standard InChI is InChI=1S/C16H21N5O2/c22-16(15-13-4-1-5-14(13)18-19-15)20-7-3-9-23-12(10-20)11-21-8-2-6-17-21/h2,6,8,12H,1,3-5,7,9-11H2,(H,18,19)/t12-/m0/s1. The first-order chi connectivity index (χ1) is 11.3. The van der Waals surface area contributed by atoms with Crippen LogP contribution in [0.2, 0.25) is 0 Å². The van der Waals surface area contributed by atoms with Crippen LogP contribution >= 0.6 is 0 Å². The third kappa shape index (κ3) is 2.88. The van der Waals surface area contributed by atoms with Crippen LogP contribution in [0.1, 0.15) is 34.6 Å². The normalized spacial score (nSPS) is 21.2. The zero-order valence-electron chi connectivity index (χ0n) is 13.1. The highest BCUT2D eigenvalue weighted by molar-refractivity contribution is 5.94. The number of amides is 1. The third-order valence-electron chi connectivity index (χ3n) is 4.60. The summed E-state index contributed by atoms with van der Waals surface area (Å²) in [5, 5.41) is 11.5. The van der Waals surface area contributed by atoms with Crippen LogP contribution in [0.3, 0.4) is 0 Å². The van der Waals surface area contributed by atoms with Crippen LogP contribution in [0.4, 0.5) is 0 Å². The first-order valence-corrected chi connectivity index (χ1v) is 8.25. The van der Waals surface area contributed by atoms with Crippen molar-refractivity contribution in [3.05, 3.63) is 35.4 Å². The minimum atomic E-state index is -0.0339. The van der Waals surface area contributed by atoms with Gasteiger partial charge in [-0.2, -0.15) is 10.2 Å². The average Bonchev–Trinajstić information content (AvgIpc) is 3.23. The molecule has 23 heavy (non-hydrogen) atoms. The van der Waals surface area contributed by atoms with E-state index >= 15 is 0 Å². The van der Waals surface area contributed by atoms with Crippen LogP contribution in [-0.4, -0.2) is 56.6 Å². The lowest BCUT2D eigenvalue weighted by Crippen LogP contribution is -2.39. The van der Waals surface area contributed by atoms with Crippen molar-refractivity contribution in [3.8, 4) is 0 Å². The number of aryl methyl sites for hydroxylation is 1. The van der Waals surface area contributed by atoms with Crippen molar-refractivity contribution < 1.29 is 9.53 Å². The van der Waals surface area contributed by atoms with E-state index in [-0.39, 0.29) is 12.0 Å². The topological polar surface area (TPSA) is 76.0 Å². The van der Waals surface area contributed by atoms with Crippen LogP contribution in [0.15, 0.2) is 18.5 Å². The Balaban J connectivity index is 1.49. The number of rotatable bonds is 3. The SMILES string of the molecule is O=C(c1n[nH]c2c1CCC2)N1CCCO[C@H](Cn2cccn2)C1. The van der Waals surface area contributed by atoms with E-state index in [0.29, 0.717) is 25.4 Å². The molecule has 3 heterocycles. The molecule has 2 aromatic heterocycles. The lowest BCUT2D eigenvalue weighted by Gasteiger charge is -2.23. The minimum Gasteiger partial charge on any atom is -0.374 e. The molecule has 0 spiro atoms. The monoisotopic (exact) mass is 315 g/mol. The number of aromatic nitrogens is 4. The molecular weight excluding hydrogens is 294 g/mol. The van der Waals surface area contributed by atoms with Gasteiger partial charge < -0.3 is 9.64 Å². The molecule has 0 bridgehead atoms. The summed E-state index contributed by atoms with van der Waals surface area (Å²) < 4.78 is 7.74. The number of carbonyl (C=O) groups excluding carboxylic acids is 1. The third-order valence-corrected chi connectivity index (χ3v) is 4.60. The fraction of sp³-hybridized carbons (Fsp3) is 0.562. The minimum absolute atomic E-state index is 0.0281. The first-order valence-electron chi connectivity index (χ1n) is 8.25.